The van der Waals surface area contributed by atoms with Crippen molar-refractivity contribution in [3.05, 3.63) is 28.7 Å². The van der Waals surface area contributed by atoms with Crippen molar-refractivity contribution < 1.29 is 12.8 Å². The molecule has 0 saturated carbocycles. The predicted molar refractivity (Wildman–Crippen MR) is 70.3 cm³/mol. The van der Waals surface area contributed by atoms with Gasteiger partial charge in [-0.25, -0.2) is 22.2 Å². The Labute approximate surface area is 116 Å². The minimum atomic E-state index is -4.14. The van der Waals surface area contributed by atoms with E-state index in [2.05, 4.69) is 30.7 Å². The zero-order chi connectivity index (χ0) is 14.2. The molecule has 0 fully saturated rings. The molecule has 19 heavy (non-hydrogen) atoms. The molecule has 3 N–H and O–H groups in total. The SMILES string of the molecule is Cn1ncnc1NS(=O)(=O)c1cc(N)cc(Br)c1F. The van der Waals surface area contributed by atoms with Gasteiger partial charge in [0.1, 0.15) is 11.2 Å². The minimum absolute atomic E-state index is 0.0297. The number of sulfonamides is 1. The Hall–Kier alpha value is -1.68. The molecule has 2 aromatic rings. The first-order valence-corrected chi connectivity index (χ1v) is 7.20. The number of hydrogen-bond acceptors (Lipinski definition) is 5. The molecule has 0 aliphatic rings. The number of nitrogens with two attached hydrogens (primary N) is 1. The Balaban J connectivity index is 2.49. The number of hydrogen-bond donors (Lipinski definition) is 2. The smallest absolute Gasteiger partial charge is 0.267 e. The van der Waals surface area contributed by atoms with E-state index in [1.807, 2.05) is 0 Å². The standard InChI is InChI=1S/C9H9BrFN5O2S/c1-16-9(13-4-14-16)15-19(17,18)7-3-5(12)2-6(10)8(7)11/h2-4H,12H2,1H3,(H,13,14,15). The van der Waals surface area contributed by atoms with Crippen LogP contribution in [0.25, 0.3) is 0 Å². The lowest BCUT2D eigenvalue weighted by molar-refractivity contribution is 0.566. The minimum Gasteiger partial charge on any atom is -0.399 e. The summed E-state index contributed by atoms with van der Waals surface area (Å²) in [6.45, 7) is 0. The van der Waals surface area contributed by atoms with E-state index in [0.717, 1.165) is 6.07 Å². The maximum atomic E-state index is 13.8. The van der Waals surface area contributed by atoms with Gasteiger partial charge in [-0.3, -0.25) is 0 Å². The first-order valence-electron chi connectivity index (χ1n) is 4.92. The summed E-state index contributed by atoms with van der Waals surface area (Å²) in [5.41, 5.74) is 5.62. The molecule has 0 aliphatic heterocycles. The highest BCUT2D eigenvalue weighted by atomic mass is 79.9. The molecule has 10 heteroatoms. The molecule has 0 radical (unpaired) electrons. The summed E-state index contributed by atoms with van der Waals surface area (Å²) >= 11 is 2.90. The van der Waals surface area contributed by atoms with E-state index in [1.165, 1.54) is 24.1 Å². The van der Waals surface area contributed by atoms with Crippen LogP contribution in [0, 0.1) is 5.82 Å². The van der Waals surface area contributed by atoms with Crippen LogP contribution in [0.4, 0.5) is 16.0 Å². The van der Waals surface area contributed by atoms with Gasteiger partial charge in [-0.2, -0.15) is 10.1 Å². The number of anilines is 2. The van der Waals surface area contributed by atoms with Crippen LogP contribution in [0.15, 0.2) is 27.8 Å². The highest BCUT2D eigenvalue weighted by Gasteiger charge is 2.23. The topological polar surface area (TPSA) is 103 Å². The third kappa shape index (κ3) is 2.68. The van der Waals surface area contributed by atoms with Gasteiger partial charge in [0.05, 0.1) is 4.47 Å². The van der Waals surface area contributed by atoms with Gasteiger partial charge in [0.2, 0.25) is 5.95 Å². The zero-order valence-corrected chi connectivity index (χ0v) is 12.0. The average Bonchev–Trinajstić information content (AvgIpc) is 2.69. The highest BCUT2D eigenvalue weighted by Crippen LogP contribution is 2.27. The molecule has 1 heterocycles. The van der Waals surface area contributed by atoms with Gasteiger partial charge < -0.3 is 5.73 Å². The van der Waals surface area contributed by atoms with Crippen LogP contribution in [0.2, 0.25) is 0 Å². The number of rotatable bonds is 3. The van der Waals surface area contributed by atoms with Crippen molar-refractivity contribution in [2.24, 2.45) is 7.05 Å². The Bertz CT molecular complexity index is 730. The number of aromatic nitrogens is 3. The van der Waals surface area contributed by atoms with Crippen molar-refractivity contribution in [2.75, 3.05) is 10.5 Å². The van der Waals surface area contributed by atoms with Crippen LogP contribution >= 0.6 is 15.9 Å². The van der Waals surface area contributed by atoms with Crippen molar-refractivity contribution in [3.63, 3.8) is 0 Å². The number of nitrogens with one attached hydrogen (secondary N) is 1. The molecule has 0 saturated heterocycles. The van der Waals surface area contributed by atoms with E-state index in [-0.39, 0.29) is 16.1 Å². The van der Waals surface area contributed by atoms with E-state index < -0.39 is 20.7 Å². The van der Waals surface area contributed by atoms with E-state index >= 15 is 0 Å². The quantitative estimate of drug-likeness (QED) is 0.807. The van der Waals surface area contributed by atoms with Crippen LogP contribution in [-0.4, -0.2) is 23.2 Å². The second-order valence-corrected chi connectivity index (χ2v) is 6.13. The van der Waals surface area contributed by atoms with E-state index in [9.17, 15) is 12.8 Å². The first kappa shape index (κ1) is 13.7. The van der Waals surface area contributed by atoms with Gasteiger partial charge in [-0.05, 0) is 28.1 Å². The summed E-state index contributed by atoms with van der Waals surface area (Å²) in [7, 11) is -2.64. The van der Waals surface area contributed by atoms with Gasteiger partial charge in [-0.1, -0.05) is 0 Å². The van der Waals surface area contributed by atoms with Crippen molar-refractivity contribution in [1.29, 1.82) is 0 Å². The van der Waals surface area contributed by atoms with E-state index in [0.29, 0.717) is 0 Å². The summed E-state index contributed by atoms with van der Waals surface area (Å²) < 4.78 is 41.3. The summed E-state index contributed by atoms with van der Waals surface area (Å²) in [6, 6.07) is 2.30. The Morgan fingerprint density at radius 2 is 2.16 bits per heavy atom. The lowest BCUT2D eigenvalue weighted by atomic mass is 10.3. The molecule has 0 unspecified atom stereocenters. The lowest BCUT2D eigenvalue weighted by Crippen LogP contribution is -2.18. The fourth-order valence-corrected chi connectivity index (χ4v) is 3.12. The molecule has 2 rings (SSSR count). The summed E-state index contributed by atoms with van der Waals surface area (Å²) in [4.78, 5) is 3.13. The predicted octanol–water partition coefficient (Wildman–Crippen LogP) is 1.10. The molecule has 0 atom stereocenters. The fraction of sp³-hybridized carbons (Fsp3) is 0.111. The Morgan fingerprint density at radius 1 is 1.47 bits per heavy atom. The fourth-order valence-electron chi connectivity index (χ4n) is 1.34. The van der Waals surface area contributed by atoms with Crippen LogP contribution in [-0.2, 0) is 17.1 Å². The average molecular weight is 350 g/mol. The van der Waals surface area contributed by atoms with Gasteiger partial charge in [-0.15, -0.1) is 0 Å². The molecular formula is C9H9BrFN5O2S. The molecule has 1 aromatic heterocycles. The third-order valence-corrected chi connectivity index (χ3v) is 4.15. The number of benzene rings is 1. The van der Waals surface area contributed by atoms with Crippen molar-refractivity contribution in [2.45, 2.75) is 4.90 Å². The van der Waals surface area contributed by atoms with Crippen LogP contribution in [0.3, 0.4) is 0 Å². The normalized spacial score (nSPS) is 11.5. The lowest BCUT2D eigenvalue weighted by Gasteiger charge is -2.09. The molecule has 102 valence electrons. The molecule has 0 aliphatic carbocycles. The second-order valence-electron chi connectivity index (χ2n) is 3.63. The monoisotopic (exact) mass is 349 g/mol. The number of nitrogen functional groups attached to an aromatic ring is 1. The van der Waals surface area contributed by atoms with E-state index in [1.54, 1.807) is 0 Å². The molecule has 0 bridgehead atoms. The Kier molecular flexibility index (Phi) is 3.45. The first-order chi connectivity index (χ1) is 8.81. The molecule has 0 spiro atoms. The maximum Gasteiger partial charge on any atom is 0.267 e. The molecule has 0 amide bonds. The molecular weight excluding hydrogens is 341 g/mol. The van der Waals surface area contributed by atoms with Crippen molar-refractivity contribution in [1.82, 2.24) is 14.8 Å². The van der Waals surface area contributed by atoms with Crippen LogP contribution in [0.1, 0.15) is 0 Å². The van der Waals surface area contributed by atoms with Crippen molar-refractivity contribution in [3.8, 4) is 0 Å². The number of halogens is 2. The molecule has 1 aromatic carbocycles. The van der Waals surface area contributed by atoms with Gasteiger partial charge >= 0.3 is 0 Å². The summed E-state index contributed by atoms with van der Waals surface area (Å²) in [5, 5.41) is 3.70. The summed E-state index contributed by atoms with van der Waals surface area (Å²) in [6.07, 6.45) is 1.17. The number of nitrogens with zero attached hydrogens (tertiary/aromatic N) is 3. The number of aryl methyl sites for hydroxylation is 1. The molecule has 7 nitrogen and oxygen atoms in total. The zero-order valence-electron chi connectivity index (χ0n) is 9.63. The van der Waals surface area contributed by atoms with E-state index in [4.69, 9.17) is 5.73 Å². The second kappa shape index (κ2) is 4.78. The van der Waals surface area contributed by atoms with Crippen LogP contribution < -0.4 is 10.5 Å². The van der Waals surface area contributed by atoms with Gasteiger partial charge in [0.15, 0.2) is 5.82 Å². The highest BCUT2D eigenvalue weighted by molar-refractivity contribution is 9.10. The van der Waals surface area contributed by atoms with Crippen LogP contribution in [0.5, 0.6) is 0 Å². The third-order valence-electron chi connectivity index (χ3n) is 2.24. The van der Waals surface area contributed by atoms with Crippen molar-refractivity contribution >= 4 is 37.6 Å². The maximum absolute atomic E-state index is 13.8. The largest absolute Gasteiger partial charge is 0.399 e. The van der Waals surface area contributed by atoms with Gasteiger partial charge in [0, 0.05) is 12.7 Å². The Morgan fingerprint density at radius 3 is 2.74 bits per heavy atom. The summed E-state index contributed by atoms with van der Waals surface area (Å²) in [5.74, 6) is -0.957. The van der Waals surface area contributed by atoms with Gasteiger partial charge in [0.25, 0.3) is 10.0 Å².